The van der Waals surface area contributed by atoms with Crippen molar-refractivity contribution in [3.05, 3.63) is 34.9 Å². The van der Waals surface area contributed by atoms with Gasteiger partial charge in [-0.15, -0.1) is 0 Å². The molecule has 0 unspecified atom stereocenters. The molecule has 2 aliphatic rings. The molecule has 1 aromatic carbocycles. The Bertz CT molecular complexity index is 539. The third-order valence-electron chi connectivity index (χ3n) is 4.19. The molecule has 0 spiro atoms. The van der Waals surface area contributed by atoms with Crippen molar-refractivity contribution in [2.75, 3.05) is 26.2 Å². The van der Waals surface area contributed by atoms with E-state index >= 15 is 0 Å². The summed E-state index contributed by atoms with van der Waals surface area (Å²) in [4.78, 5) is 25.7. The first kappa shape index (κ1) is 13.3. The maximum Gasteiger partial charge on any atom is 0.221 e. The second-order valence-corrected chi connectivity index (χ2v) is 5.64. The number of hydrogen-bond acceptors (Lipinski definition) is 3. The Labute approximate surface area is 119 Å². The summed E-state index contributed by atoms with van der Waals surface area (Å²) in [7, 11) is 0. The fourth-order valence-corrected chi connectivity index (χ4v) is 3.01. The van der Waals surface area contributed by atoms with E-state index in [2.05, 4.69) is 22.3 Å². The van der Waals surface area contributed by atoms with Gasteiger partial charge in [-0.25, -0.2) is 0 Å². The van der Waals surface area contributed by atoms with Gasteiger partial charge in [-0.1, -0.05) is 12.1 Å². The molecule has 1 aliphatic carbocycles. The molecule has 3 rings (SSSR count). The summed E-state index contributed by atoms with van der Waals surface area (Å²) in [6, 6.07) is 6.11. The van der Waals surface area contributed by atoms with Crippen molar-refractivity contribution in [3.63, 3.8) is 0 Å². The van der Waals surface area contributed by atoms with Gasteiger partial charge in [0.25, 0.3) is 0 Å². The predicted molar refractivity (Wildman–Crippen MR) is 76.9 cm³/mol. The van der Waals surface area contributed by atoms with Crippen molar-refractivity contribution >= 4 is 11.7 Å². The minimum absolute atomic E-state index is 0.0810. The molecular weight excluding hydrogens is 252 g/mol. The maximum atomic E-state index is 12.4. The van der Waals surface area contributed by atoms with Crippen molar-refractivity contribution in [2.24, 2.45) is 0 Å². The Morgan fingerprint density at radius 3 is 2.90 bits per heavy atom. The van der Waals surface area contributed by atoms with E-state index in [9.17, 15) is 9.59 Å². The average Bonchev–Trinajstić information content (AvgIpc) is 2.82. The minimum atomic E-state index is 0.0810. The van der Waals surface area contributed by atoms with Crippen molar-refractivity contribution in [1.29, 1.82) is 0 Å². The van der Waals surface area contributed by atoms with Crippen LogP contribution >= 0.6 is 0 Å². The van der Waals surface area contributed by atoms with E-state index in [1.54, 1.807) is 0 Å². The van der Waals surface area contributed by atoms with Crippen LogP contribution in [0.1, 0.15) is 34.3 Å². The van der Waals surface area contributed by atoms with Crippen LogP contribution in [0.2, 0.25) is 0 Å². The highest BCUT2D eigenvalue weighted by Crippen LogP contribution is 2.23. The molecular formula is C16H20N2O2. The summed E-state index contributed by atoms with van der Waals surface area (Å²) < 4.78 is 0. The highest BCUT2D eigenvalue weighted by atomic mass is 16.1. The van der Waals surface area contributed by atoms with Gasteiger partial charge < -0.3 is 5.32 Å². The van der Waals surface area contributed by atoms with Crippen LogP contribution in [0.15, 0.2) is 18.2 Å². The fraction of sp³-hybridized carbons (Fsp3) is 0.500. The van der Waals surface area contributed by atoms with Crippen molar-refractivity contribution in [1.82, 2.24) is 10.2 Å². The number of hydrogen-bond donors (Lipinski definition) is 1. The lowest BCUT2D eigenvalue weighted by Gasteiger charge is -2.18. The molecule has 4 heteroatoms. The summed E-state index contributed by atoms with van der Waals surface area (Å²) in [6.45, 7) is 2.47. The van der Waals surface area contributed by atoms with E-state index in [0.717, 1.165) is 24.9 Å². The van der Waals surface area contributed by atoms with Crippen molar-refractivity contribution < 1.29 is 9.59 Å². The van der Waals surface area contributed by atoms with Crippen LogP contribution in [0.25, 0.3) is 0 Å². The van der Waals surface area contributed by atoms with Gasteiger partial charge in [-0.2, -0.15) is 0 Å². The van der Waals surface area contributed by atoms with E-state index in [-0.39, 0.29) is 11.7 Å². The molecule has 106 valence electrons. The second kappa shape index (κ2) is 5.75. The summed E-state index contributed by atoms with van der Waals surface area (Å²) in [5.41, 5.74) is 3.55. The number of carbonyl (C=O) groups is 2. The number of nitrogens with zero attached hydrogens (tertiary/aromatic N) is 1. The molecule has 1 amide bonds. The summed E-state index contributed by atoms with van der Waals surface area (Å²) >= 11 is 0. The minimum Gasteiger partial charge on any atom is -0.355 e. The number of carbonyl (C=O) groups excluding carboxylic acids is 2. The smallest absolute Gasteiger partial charge is 0.221 e. The summed E-state index contributed by atoms with van der Waals surface area (Å²) in [6.07, 6.45) is 3.92. The van der Waals surface area contributed by atoms with Crippen molar-refractivity contribution in [3.8, 4) is 0 Å². The molecule has 1 aromatic rings. The zero-order chi connectivity index (χ0) is 13.9. The third-order valence-corrected chi connectivity index (χ3v) is 4.19. The van der Waals surface area contributed by atoms with Gasteiger partial charge in [0.2, 0.25) is 5.91 Å². The molecule has 0 radical (unpaired) electrons. The molecule has 1 fully saturated rings. The normalized spacial score (nSPS) is 19.3. The van der Waals surface area contributed by atoms with E-state index in [0.29, 0.717) is 26.1 Å². The number of aryl methyl sites for hydroxylation is 2. The van der Waals surface area contributed by atoms with Crippen LogP contribution in [0.5, 0.6) is 0 Å². The van der Waals surface area contributed by atoms with E-state index in [4.69, 9.17) is 0 Å². The maximum absolute atomic E-state index is 12.4. The summed E-state index contributed by atoms with van der Waals surface area (Å²) in [5, 5.41) is 2.83. The Morgan fingerprint density at radius 2 is 2.00 bits per heavy atom. The number of Topliss-reactive ketones (excluding diaryl/α,β-unsaturated/α-hetero) is 1. The van der Waals surface area contributed by atoms with Gasteiger partial charge in [0.15, 0.2) is 5.78 Å². The Balaban J connectivity index is 1.65. The molecule has 4 nitrogen and oxygen atoms in total. The average molecular weight is 272 g/mol. The molecule has 1 N–H and O–H groups in total. The van der Waals surface area contributed by atoms with Crippen LogP contribution in [0.3, 0.4) is 0 Å². The van der Waals surface area contributed by atoms with Gasteiger partial charge in [-0.3, -0.25) is 14.5 Å². The lowest BCUT2D eigenvalue weighted by atomic mass is 10.0. The van der Waals surface area contributed by atoms with E-state index < -0.39 is 0 Å². The Kier molecular flexibility index (Phi) is 3.83. The molecule has 0 saturated carbocycles. The first-order valence-corrected chi connectivity index (χ1v) is 7.36. The van der Waals surface area contributed by atoms with Gasteiger partial charge in [-0.05, 0) is 36.5 Å². The van der Waals surface area contributed by atoms with Gasteiger partial charge >= 0.3 is 0 Å². The Morgan fingerprint density at radius 1 is 1.15 bits per heavy atom. The molecule has 0 atom stereocenters. The van der Waals surface area contributed by atoms with Crippen LogP contribution < -0.4 is 5.32 Å². The molecule has 0 aromatic heterocycles. The highest BCUT2D eigenvalue weighted by molar-refractivity contribution is 5.98. The van der Waals surface area contributed by atoms with Gasteiger partial charge in [0.05, 0.1) is 6.54 Å². The quantitative estimate of drug-likeness (QED) is 0.841. The first-order valence-electron chi connectivity index (χ1n) is 7.36. The van der Waals surface area contributed by atoms with Crippen LogP contribution in [0.4, 0.5) is 0 Å². The molecule has 1 aliphatic heterocycles. The zero-order valence-electron chi connectivity index (χ0n) is 11.7. The molecule has 20 heavy (non-hydrogen) atoms. The molecule has 1 heterocycles. The number of benzene rings is 1. The standard InChI is InChI=1S/C16H20N2O2/c19-15(11-18-8-6-16(20)17-7-9-18)14-5-4-12-2-1-3-13(12)10-14/h4-5,10H,1-3,6-9,11H2,(H,17,20). The molecule has 0 bridgehead atoms. The predicted octanol–water partition coefficient (Wildman–Crippen LogP) is 1.18. The van der Waals surface area contributed by atoms with Crippen LogP contribution in [-0.4, -0.2) is 42.8 Å². The fourth-order valence-electron chi connectivity index (χ4n) is 3.01. The lowest BCUT2D eigenvalue weighted by molar-refractivity contribution is -0.120. The number of fused-ring (bicyclic) bond motifs is 1. The van der Waals surface area contributed by atoms with Crippen molar-refractivity contribution in [2.45, 2.75) is 25.7 Å². The first-order chi connectivity index (χ1) is 9.72. The van der Waals surface area contributed by atoms with E-state index in [1.165, 1.54) is 17.5 Å². The number of rotatable bonds is 3. The van der Waals surface area contributed by atoms with E-state index in [1.807, 2.05) is 6.07 Å². The zero-order valence-corrected chi connectivity index (χ0v) is 11.7. The monoisotopic (exact) mass is 272 g/mol. The molecule has 1 saturated heterocycles. The number of nitrogens with one attached hydrogen (secondary N) is 1. The third kappa shape index (κ3) is 2.90. The van der Waals surface area contributed by atoms with Crippen LogP contribution in [-0.2, 0) is 17.6 Å². The van der Waals surface area contributed by atoms with Gasteiger partial charge in [0, 0.05) is 31.6 Å². The topological polar surface area (TPSA) is 49.4 Å². The lowest BCUT2D eigenvalue weighted by Crippen LogP contribution is -2.33. The second-order valence-electron chi connectivity index (χ2n) is 5.64. The SMILES string of the molecule is O=C1CCN(CC(=O)c2ccc3c(c2)CCC3)CCN1. The van der Waals surface area contributed by atoms with Crippen LogP contribution in [0, 0.1) is 0 Å². The number of ketones is 1. The highest BCUT2D eigenvalue weighted by Gasteiger charge is 2.18. The number of amides is 1. The Hall–Kier alpha value is -1.68. The van der Waals surface area contributed by atoms with Gasteiger partial charge in [0.1, 0.15) is 0 Å². The summed E-state index contributed by atoms with van der Waals surface area (Å²) in [5.74, 6) is 0.242. The largest absolute Gasteiger partial charge is 0.355 e.